The number of hydrogen-bond donors (Lipinski definition) is 2. The molecule has 33 heavy (non-hydrogen) atoms. The van der Waals surface area contributed by atoms with E-state index in [4.69, 9.17) is 14.7 Å². The molecule has 0 spiro atoms. The molecule has 1 heterocycles. The van der Waals surface area contributed by atoms with Crippen LogP contribution in [0.2, 0.25) is 0 Å². The van der Waals surface area contributed by atoms with Crippen LogP contribution >= 0.6 is 0 Å². The van der Waals surface area contributed by atoms with Crippen LogP contribution in [0.3, 0.4) is 0 Å². The summed E-state index contributed by atoms with van der Waals surface area (Å²) in [5.74, 6) is 3.39. The SMILES string of the molecule is COc1cc(C)c(CNCC2CCC(Nc3nc(N(C)C)c4ccccc4n3)CC2)cc1C. The molecule has 0 atom stereocenters. The monoisotopic (exact) mass is 447 g/mol. The highest BCUT2D eigenvalue weighted by atomic mass is 16.5. The van der Waals surface area contributed by atoms with Gasteiger partial charge in [0.1, 0.15) is 11.6 Å². The van der Waals surface area contributed by atoms with E-state index in [1.165, 1.54) is 29.5 Å². The normalized spacial score (nSPS) is 18.3. The van der Waals surface area contributed by atoms with Crippen molar-refractivity contribution in [1.29, 1.82) is 0 Å². The molecule has 0 unspecified atom stereocenters. The molecule has 1 fully saturated rings. The molecule has 1 aromatic heterocycles. The summed E-state index contributed by atoms with van der Waals surface area (Å²) in [6.07, 6.45) is 4.75. The quantitative estimate of drug-likeness (QED) is 0.502. The van der Waals surface area contributed by atoms with Crippen LogP contribution in [0.25, 0.3) is 10.9 Å². The van der Waals surface area contributed by atoms with Crippen LogP contribution in [0.15, 0.2) is 36.4 Å². The minimum atomic E-state index is 0.434. The highest BCUT2D eigenvalue weighted by molar-refractivity contribution is 5.90. The van der Waals surface area contributed by atoms with Crippen LogP contribution in [0, 0.1) is 19.8 Å². The lowest BCUT2D eigenvalue weighted by molar-refractivity contribution is 0.323. The van der Waals surface area contributed by atoms with Gasteiger partial charge in [-0.2, -0.15) is 4.98 Å². The van der Waals surface area contributed by atoms with Gasteiger partial charge in [-0.25, -0.2) is 4.98 Å². The van der Waals surface area contributed by atoms with E-state index in [2.05, 4.69) is 53.6 Å². The number of aryl methyl sites for hydroxylation is 2. The number of nitrogens with one attached hydrogen (secondary N) is 2. The lowest BCUT2D eigenvalue weighted by Gasteiger charge is -2.29. The van der Waals surface area contributed by atoms with Crippen molar-refractivity contribution in [2.24, 2.45) is 5.92 Å². The van der Waals surface area contributed by atoms with Gasteiger partial charge in [0.15, 0.2) is 0 Å². The fourth-order valence-corrected chi connectivity index (χ4v) is 4.83. The third kappa shape index (κ3) is 5.56. The Morgan fingerprint density at radius 2 is 1.76 bits per heavy atom. The Morgan fingerprint density at radius 3 is 2.48 bits per heavy atom. The van der Waals surface area contributed by atoms with E-state index < -0.39 is 0 Å². The number of nitrogens with zero attached hydrogens (tertiary/aromatic N) is 3. The van der Waals surface area contributed by atoms with Gasteiger partial charge in [0, 0.05) is 32.1 Å². The Labute approximate surface area is 197 Å². The van der Waals surface area contributed by atoms with Crippen molar-refractivity contribution < 1.29 is 4.74 Å². The molecular formula is C27H37N5O. The molecular weight excluding hydrogens is 410 g/mol. The van der Waals surface area contributed by atoms with Crippen LogP contribution in [-0.4, -0.2) is 43.8 Å². The second-order valence-corrected chi connectivity index (χ2v) is 9.52. The summed E-state index contributed by atoms with van der Waals surface area (Å²) >= 11 is 0. The van der Waals surface area contributed by atoms with Gasteiger partial charge in [0.25, 0.3) is 0 Å². The summed E-state index contributed by atoms with van der Waals surface area (Å²) in [6, 6.07) is 13.0. The van der Waals surface area contributed by atoms with Gasteiger partial charge in [-0.05, 0) is 86.9 Å². The number of rotatable bonds is 8. The predicted octanol–water partition coefficient (Wildman–Crippen LogP) is 5.08. The van der Waals surface area contributed by atoms with Crippen LogP contribution in [-0.2, 0) is 6.54 Å². The second-order valence-electron chi connectivity index (χ2n) is 9.52. The van der Waals surface area contributed by atoms with Crippen molar-refractivity contribution in [3.05, 3.63) is 53.1 Å². The van der Waals surface area contributed by atoms with Gasteiger partial charge in [-0.15, -0.1) is 0 Å². The molecule has 0 bridgehead atoms. The summed E-state index contributed by atoms with van der Waals surface area (Å²) in [4.78, 5) is 11.6. The van der Waals surface area contributed by atoms with Crippen molar-refractivity contribution in [1.82, 2.24) is 15.3 Å². The number of methoxy groups -OCH3 is 1. The zero-order valence-electron chi connectivity index (χ0n) is 20.6. The number of para-hydroxylation sites is 1. The maximum Gasteiger partial charge on any atom is 0.225 e. The Morgan fingerprint density at radius 1 is 1.00 bits per heavy atom. The minimum Gasteiger partial charge on any atom is -0.496 e. The highest BCUT2D eigenvalue weighted by Crippen LogP contribution is 2.28. The maximum atomic E-state index is 5.43. The summed E-state index contributed by atoms with van der Waals surface area (Å²) < 4.78 is 5.43. The minimum absolute atomic E-state index is 0.434. The van der Waals surface area contributed by atoms with Crippen molar-refractivity contribution in [3.63, 3.8) is 0 Å². The Hall–Kier alpha value is -2.86. The summed E-state index contributed by atoms with van der Waals surface area (Å²) in [7, 11) is 5.80. The Balaban J connectivity index is 1.29. The molecule has 6 heteroatoms. The molecule has 2 aromatic carbocycles. The first-order chi connectivity index (χ1) is 15.9. The molecule has 176 valence electrons. The molecule has 4 rings (SSSR count). The fourth-order valence-electron chi connectivity index (χ4n) is 4.83. The van der Waals surface area contributed by atoms with E-state index in [0.717, 1.165) is 60.3 Å². The van der Waals surface area contributed by atoms with Crippen molar-refractivity contribution >= 4 is 22.7 Å². The summed E-state index contributed by atoms with van der Waals surface area (Å²) in [6.45, 7) is 6.24. The number of aromatic nitrogens is 2. The smallest absolute Gasteiger partial charge is 0.225 e. The maximum absolute atomic E-state index is 5.43. The zero-order chi connectivity index (χ0) is 23.4. The Bertz CT molecular complexity index is 1090. The van der Waals surface area contributed by atoms with Crippen LogP contribution in [0.5, 0.6) is 5.75 Å². The molecule has 1 aliphatic carbocycles. The van der Waals surface area contributed by atoms with Gasteiger partial charge < -0.3 is 20.3 Å². The number of fused-ring (bicyclic) bond motifs is 1. The Kier molecular flexibility index (Phi) is 7.33. The van der Waals surface area contributed by atoms with E-state index >= 15 is 0 Å². The van der Waals surface area contributed by atoms with Crippen LogP contribution < -0.4 is 20.3 Å². The zero-order valence-corrected chi connectivity index (χ0v) is 20.6. The number of ether oxygens (including phenoxy) is 1. The molecule has 3 aromatic rings. The van der Waals surface area contributed by atoms with Gasteiger partial charge in [0.05, 0.1) is 12.6 Å². The van der Waals surface area contributed by atoms with E-state index in [-0.39, 0.29) is 0 Å². The molecule has 6 nitrogen and oxygen atoms in total. The summed E-state index contributed by atoms with van der Waals surface area (Å²) in [5, 5.41) is 8.39. The predicted molar refractivity (Wildman–Crippen MR) is 137 cm³/mol. The van der Waals surface area contributed by atoms with Crippen molar-refractivity contribution in [2.45, 2.75) is 52.1 Å². The second kappa shape index (κ2) is 10.4. The molecule has 1 saturated carbocycles. The molecule has 0 amide bonds. The third-order valence-corrected chi connectivity index (χ3v) is 6.79. The van der Waals surface area contributed by atoms with E-state index in [0.29, 0.717) is 6.04 Å². The van der Waals surface area contributed by atoms with Gasteiger partial charge in [-0.1, -0.05) is 18.2 Å². The van der Waals surface area contributed by atoms with E-state index in [1.54, 1.807) is 7.11 Å². The number of hydrogen-bond acceptors (Lipinski definition) is 6. The third-order valence-electron chi connectivity index (χ3n) is 6.79. The van der Waals surface area contributed by atoms with Crippen LogP contribution in [0.4, 0.5) is 11.8 Å². The first kappa shape index (κ1) is 23.3. The van der Waals surface area contributed by atoms with Gasteiger partial charge in [-0.3, -0.25) is 0 Å². The topological polar surface area (TPSA) is 62.3 Å². The lowest BCUT2D eigenvalue weighted by atomic mass is 9.86. The largest absolute Gasteiger partial charge is 0.496 e. The lowest BCUT2D eigenvalue weighted by Crippen LogP contribution is -2.31. The molecule has 0 saturated heterocycles. The summed E-state index contributed by atoms with van der Waals surface area (Å²) in [5.41, 5.74) is 4.82. The standard InChI is InChI=1S/C27H37N5O/c1-18-15-25(33-5)19(2)14-21(18)17-28-16-20-10-12-22(13-11-20)29-27-30-24-9-7-6-8-23(24)26(31-27)32(3)4/h6-9,14-15,20,22,28H,10-13,16-17H2,1-5H3,(H,29,30,31). The van der Waals surface area contributed by atoms with Crippen molar-refractivity contribution in [2.75, 3.05) is 38.0 Å². The molecule has 0 aliphatic heterocycles. The number of benzene rings is 2. The fraction of sp³-hybridized carbons (Fsp3) is 0.481. The van der Waals surface area contributed by atoms with Crippen molar-refractivity contribution in [3.8, 4) is 5.75 Å². The van der Waals surface area contributed by atoms with Gasteiger partial charge in [0.2, 0.25) is 5.95 Å². The number of anilines is 2. The first-order valence-electron chi connectivity index (χ1n) is 12.0. The highest BCUT2D eigenvalue weighted by Gasteiger charge is 2.22. The van der Waals surface area contributed by atoms with E-state index in [9.17, 15) is 0 Å². The molecule has 0 radical (unpaired) electrons. The molecule has 2 N–H and O–H groups in total. The van der Waals surface area contributed by atoms with E-state index in [1.807, 2.05) is 26.2 Å². The molecule has 1 aliphatic rings. The average Bonchev–Trinajstić information content (AvgIpc) is 2.81. The average molecular weight is 448 g/mol. The van der Waals surface area contributed by atoms with Gasteiger partial charge >= 0.3 is 0 Å². The van der Waals surface area contributed by atoms with Crippen LogP contribution in [0.1, 0.15) is 42.4 Å². The first-order valence-corrected chi connectivity index (χ1v) is 12.0.